The fourth-order valence-corrected chi connectivity index (χ4v) is 4.93. The third-order valence-electron chi connectivity index (χ3n) is 5.03. The van der Waals surface area contributed by atoms with E-state index in [1.54, 1.807) is 15.3 Å². The summed E-state index contributed by atoms with van der Waals surface area (Å²) in [6.07, 6.45) is 12.5. The average Bonchev–Trinajstić information content (AvgIpc) is 2.91. The molecule has 1 nitrogen and oxygen atoms in total. The average molecular weight is 277 g/mol. The SMILES string of the molecule is CCC1CCCC(NCc2cc3c(s2)CCC3)CC1. The lowest BCUT2D eigenvalue weighted by Gasteiger charge is -2.16. The van der Waals surface area contributed by atoms with Crippen molar-refractivity contribution in [3.8, 4) is 0 Å². The lowest BCUT2D eigenvalue weighted by atomic mass is 9.98. The first-order valence-electron chi connectivity index (χ1n) is 8.19. The number of nitrogens with one attached hydrogen (secondary N) is 1. The van der Waals surface area contributed by atoms with Gasteiger partial charge >= 0.3 is 0 Å². The molecule has 0 aromatic carbocycles. The smallest absolute Gasteiger partial charge is 0.0302 e. The zero-order chi connectivity index (χ0) is 13.1. The lowest BCUT2D eigenvalue weighted by molar-refractivity contribution is 0.426. The van der Waals surface area contributed by atoms with Crippen molar-refractivity contribution in [2.45, 2.75) is 77.3 Å². The van der Waals surface area contributed by atoms with Crippen LogP contribution in [-0.2, 0) is 19.4 Å². The highest BCUT2D eigenvalue weighted by Gasteiger charge is 2.18. The van der Waals surface area contributed by atoms with Crippen LogP contribution in [-0.4, -0.2) is 6.04 Å². The van der Waals surface area contributed by atoms with E-state index in [0.717, 1.165) is 18.5 Å². The highest BCUT2D eigenvalue weighted by molar-refractivity contribution is 7.12. The van der Waals surface area contributed by atoms with E-state index in [-0.39, 0.29) is 0 Å². The molecule has 0 bridgehead atoms. The molecule has 2 heteroatoms. The molecule has 1 saturated carbocycles. The molecule has 1 N–H and O–H groups in total. The maximum absolute atomic E-state index is 3.82. The van der Waals surface area contributed by atoms with Crippen LogP contribution in [0.25, 0.3) is 0 Å². The molecular formula is C17H27NS. The summed E-state index contributed by atoms with van der Waals surface area (Å²) in [6, 6.07) is 3.24. The van der Waals surface area contributed by atoms with Gasteiger partial charge in [0.2, 0.25) is 0 Å². The van der Waals surface area contributed by atoms with E-state index in [1.165, 1.54) is 57.8 Å². The second-order valence-electron chi connectivity index (χ2n) is 6.38. The van der Waals surface area contributed by atoms with Gasteiger partial charge in [-0.2, -0.15) is 0 Å². The Morgan fingerprint density at radius 2 is 2.11 bits per heavy atom. The van der Waals surface area contributed by atoms with Gasteiger partial charge in [-0.15, -0.1) is 11.3 Å². The standard InChI is InChI=1S/C17H27NS/c1-2-13-5-3-7-15(10-9-13)18-12-16-11-14-6-4-8-17(14)19-16/h11,13,15,18H,2-10,12H2,1H3. The molecule has 0 aliphatic heterocycles. The Morgan fingerprint density at radius 1 is 1.16 bits per heavy atom. The summed E-state index contributed by atoms with van der Waals surface area (Å²) in [4.78, 5) is 3.24. The first kappa shape index (κ1) is 13.6. The summed E-state index contributed by atoms with van der Waals surface area (Å²) < 4.78 is 0. The van der Waals surface area contributed by atoms with E-state index < -0.39 is 0 Å². The van der Waals surface area contributed by atoms with Crippen LogP contribution in [0.3, 0.4) is 0 Å². The van der Waals surface area contributed by atoms with E-state index >= 15 is 0 Å². The summed E-state index contributed by atoms with van der Waals surface area (Å²) in [5.41, 5.74) is 1.65. The van der Waals surface area contributed by atoms with Gasteiger partial charge in [0.1, 0.15) is 0 Å². The van der Waals surface area contributed by atoms with Crippen LogP contribution in [0.5, 0.6) is 0 Å². The topological polar surface area (TPSA) is 12.0 Å². The molecular weight excluding hydrogens is 250 g/mol. The van der Waals surface area contributed by atoms with Crippen molar-refractivity contribution in [1.29, 1.82) is 0 Å². The van der Waals surface area contributed by atoms with Gasteiger partial charge in [-0.05, 0) is 56.1 Å². The molecule has 1 aromatic heterocycles. The van der Waals surface area contributed by atoms with Crippen molar-refractivity contribution >= 4 is 11.3 Å². The summed E-state index contributed by atoms with van der Waals surface area (Å²) in [5.74, 6) is 0.998. The van der Waals surface area contributed by atoms with Crippen molar-refractivity contribution in [3.05, 3.63) is 21.4 Å². The lowest BCUT2D eigenvalue weighted by Crippen LogP contribution is -2.27. The van der Waals surface area contributed by atoms with Gasteiger partial charge < -0.3 is 5.32 Å². The van der Waals surface area contributed by atoms with Crippen LogP contribution in [0.2, 0.25) is 0 Å². The molecule has 2 aliphatic carbocycles. The summed E-state index contributed by atoms with van der Waals surface area (Å²) in [7, 11) is 0. The summed E-state index contributed by atoms with van der Waals surface area (Å²) in [5, 5.41) is 3.82. The molecule has 0 saturated heterocycles. The minimum atomic E-state index is 0.772. The van der Waals surface area contributed by atoms with Crippen LogP contribution in [0.1, 0.15) is 67.2 Å². The van der Waals surface area contributed by atoms with Gasteiger partial charge in [0.05, 0.1) is 0 Å². The first-order chi connectivity index (χ1) is 9.35. The van der Waals surface area contributed by atoms with Gasteiger partial charge in [-0.25, -0.2) is 0 Å². The van der Waals surface area contributed by atoms with E-state index in [9.17, 15) is 0 Å². The number of fused-ring (bicyclic) bond motifs is 1. The Kier molecular flexibility index (Phi) is 4.60. The first-order valence-corrected chi connectivity index (χ1v) is 9.00. The number of thiophene rings is 1. The minimum absolute atomic E-state index is 0.772. The predicted octanol–water partition coefficient (Wildman–Crippen LogP) is 4.69. The van der Waals surface area contributed by atoms with Crippen molar-refractivity contribution in [3.63, 3.8) is 0 Å². The second kappa shape index (κ2) is 6.41. The van der Waals surface area contributed by atoms with Gasteiger partial charge in [0, 0.05) is 22.3 Å². The Morgan fingerprint density at radius 3 is 2.95 bits per heavy atom. The monoisotopic (exact) mass is 277 g/mol. The van der Waals surface area contributed by atoms with Gasteiger partial charge in [0.15, 0.2) is 0 Å². The molecule has 106 valence electrons. The maximum Gasteiger partial charge on any atom is 0.0302 e. The third kappa shape index (κ3) is 3.41. The van der Waals surface area contributed by atoms with Crippen molar-refractivity contribution in [1.82, 2.24) is 5.32 Å². The summed E-state index contributed by atoms with van der Waals surface area (Å²) in [6.45, 7) is 3.46. The Bertz CT molecular complexity index is 388. The molecule has 19 heavy (non-hydrogen) atoms. The molecule has 3 rings (SSSR count). The molecule has 1 aromatic rings. The number of rotatable bonds is 4. The molecule has 1 fully saturated rings. The van der Waals surface area contributed by atoms with Crippen LogP contribution in [0.4, 0.5) is 0 Å². The van der Waals surface area contributed by atoms with Crippen LogP contribution >= 0.6 is 11.3 Å². The minimum Gasteiger partial charge on any atom is -0.309 e. The van der Waals surface area contributed by atoms with Crippen molar-refractivity contribution in [2.75, 3.05) is 0 Å². The van der Waals surface area contributed by atoms with E-state index in [0.29, 0.717) is 0 Å². The van der Waals surface area contributed by atoms with Crippen molar-refractivity contribution in [2.24, 2.45) is 5.92 Å². The molecule has 0 radical (unpaired) electrons. The summed E-state index contributed by atoms with van der Waals surface area (Å²) >= 11 is 2.06. The number of hydrogen-bond donors (Lipinski definition) is 1. The Hall–Kier alpha value is -0.340. The predicted molar refractivity (Wildman–Crippen MR) is 83.8 cm³/mol. The zero-order valence-corrected chi connectivity index (χ0v) is 13.0. The number of aryl methyl sites for hydroxylation is 2. The molecule has 2 atom stereocenters. The highest BCUT2D eigenvalue weighted by Crippen LogP contribution is 2.31. The maximum atomic E-state index is 3.82. The molecule has 0 spiro atoms. The molecule has 0 amide bonds. The van der Waals surface area contributed by atoms with Gasteiger partial charge in [-0.3, -0.25) is 0 Å². The van der Waals surface area contributed by atoms with Crippen LogP contribution in [0.15, 0.2) is 6.07 Å². The normalized spacial score (nSPS) is 27.2. The van der Waals surface area contributed by atoms with Crippen LogP contribution < -0.4 is 5.32 Å². The number of hydrogen-bond acceptors (Lipinski definition) is 2. The van der Waals surface area contributed by atoms with Gasteiger partial charge in [0.25, 0.3) is 0 Å². The second-order valence-corrected chi connectivity index (χ2v) is 7.60. The fourth-order valence-electron chi connectivity index (χ4n) is 3.71. The molecule has 2 aliphatic rings. The Balaban J connectivity index is 1.48. The van der Waals surface area contributed by atoms with Crippen molar-refractivity contribution < 1.29 is 0 Å². The largest absolute Gasteiger partial charge is 0.309 e. The molecule has 2 unspecified atom stereocenters. The van der Waals surface area contributed by atoms with E-state index in [1.807, 2.05) is 0 Å². The van der Waals surface area contributed by atoms with E-state index in [2.05, 4.69) is 29.6 Å². The van der Waals surface area contributed by atoms with Gasteiger partial charge in [-0.1, -0.05) is 26.2 Å². The zero-order valence-electron chi connectivity index (χ0n) is 12.2. The van der Waals surface area contributed by atoms with E-state index in [4.69, 9.17) is 0 Å². The molecule has 1 heterocycles. The Labute approximate surface area is 121 Å². The highest BCUT2D eigenvalue weighted by atomic mass is 32.1. The fraction of sp³-hybridized carbons (Fsp3) is 0.765. The quantitative estimate of drug-likeness (QED) is 0.788. The van der Waals surface area contributed by atoms with Crippen LogP contribution in [0, 0.1) is 5.92 Å². The third-order valence-corrected chi connectivity index (χ3v) is 6.27.